The van der Waals surface area contributed by atoms with E-state index >= 15 is 0 Å². The number of anilines is 1. The van der Waals surface area contributed by atoms with Gasteiger partial charge in [-0.3, -0.25) is 13.9 Å². The first kappa shape index (κ1) is 27.3. The van der Waals surface area contributed by atoms with Gasteiger partial charge in [0.25, 0.3) is 10.0 Å². The average Bonchev–Trinajstić information content (AvgIpc) is 2.86. The predicted octanol–water partition coefficient (Wildman–Crippen LogP) is 4.26. The Bertz CT molecular complexity index is 1330. The fourth-order valence-corrected chi connectivity index (χ4v) is 5.25. The summed E-state index contributed by atoms with van der Waals surface area (Å²) in [4.78, 5) is 27.2. The Labute approximate surface area is 219 Å². The Morgan fingerprint density at radius 2 is 1.61 bits per heavy atom. The van der Waals surface area contributed by atoms with Gasteiger partial charge < -0.3 is 10.2 Å². The number of halogens is 2. The van der Waals surface area contributed by atoms with Gasteiger partial charge in [0.2, 0.25) is 11.8 Å². The topological polar surface area (TPSA) is 86.8 Å². The summed E-state index contributed by atoms with van der Waals surface area (Å²) in [6, 6.07) is 17.7. The summed E-state index contributed by atoms with van der Waals surface area (Å²) in [5, 5.41) is 2.49. The summed E-state index contributed by atoms with van der Waals surface area (Å²) in [6.07, 6.45) is 0. The van der Waals surface area contributed by atoms with E-state index in [1.54, 1.807) is 42.5 Å². The van der Waals surface area contributed by atoms with Gasteiger partial charge >= 0.3 is 0 Å². The van der Waals surface area contributed by atoms with Crippen LogP contribution in [0.15, 0.2) is 82.2 Å². The molecular formula is C26H27BrFN3O4S. The first-order valence-electron chi connectivity index (χ1n) is 11.1. The summed E-state index contributed by atoms with van der Waals surface area (Å²) in [5.74, 6) is -1.65. The lowest BCUT2D eigenvalue weighted by Gasteiger charge is -2.31. The third-order valence-electron chi connectivity index (χ3n) is 5.71. The first-order valence-corrected chi connectivity index (χ1v) is 13.4. The molecule has 1 atom stereocenters. The van der Waals surface area contributed by atoms with E-state index in [1.165, 1.54) is 49.2 Å². The summed E-state index contributed by atoms with van der Waals surface area (Å²) in [6.45, 7) is 2.55. The molecule has 10 heteroatoms. The van der Waals surface area contributed by atoms with Gasteiger partial charge in [0.05, 0.1) is 10.6 Å². The number of aryl methyl sites for hydroxylation is 1. The first-order chi connectivity index (χ1) is 17.0. The fraction of sp³-hybridized carbons (Fsp3) is 0.231. The molecule has 3 rings (SSSR count). The van der Waals surface area contributed by atoms with E-state index in [0.717, 1.165) is 14.3 Å². The van der Waals surface area contributed by atoms with Gasteiger partial charge in [0.1, 0.15) is 18.4 Å². The molecule has 3 aromatic rings. The molecule has 0 heterocycles. The molecule has 1 unspecified atom stereocenters. The van der Waals surface area contributed by atoms with Gasteiger partial charge in [-0.05, 0) is 56.3 Å². The summed E-state index contributed by atoms with van der Waals surface area (Å²) in [5.41, 5.74) is 1.36. The van der Waals surface area contributed by atoms with Crippen LogP contribution < -0.4 is 9.62 Å². The van der Waals surface area contributed by atoms with Gasteiger partial charge in [-0.1, -0.05) is 51.8 Å². The second-order valence-electron chi connectivity index (χ2n) is 8.20. The molecule has 190 valence electrons. The number of likely N-dealkylation sites (N-methyl/N-ethyl adjacent to an activating group) is 1. The molecule has 36 heavy (non-hydrogen) atoms. The van der Waals surface area contributed by atoms with Gasteiger partial charge in [0.15, 0.2) is 0 Å². The molecule has 0 bridgehead atoms. The van der Waals surface area contributed by atoms with Crippen molar-refractivity contribution in [1.29, 1.82) is 0 Å². The standard InChI is InChI=1S/C26H27BrFN3O4S/c1-18-8-14-23(15-9-18)36(34,35)31(22-12-10-21(27)11-13-22)17-25(32)30(19(2)26(33)29-3)16-20-6-4-5-7-24(20)28/h4-15,19H,16-17H2,1-3H3,(H,29,33). The van der Waals surface area contributed by atoms with Crippen LogP contribution >= 0.6 is 15.9 Å². The number of rotatable bonds is 9. The van der Waals surface area contributed by atoms with Crippen LogP contribution in [-0.2, 0) is 26.2 Å². The highest BCUT2D eigenvalue weighted by atomic mass is 79.9. The lowest BCUT2D eigenvalue weighted by molar-refractivity contribution is -0.139. The van der Waals surface area contributed by atoms with Crippen LogP contribution in [0.3, 0.4) is 0 Å². The maximum atomic E-state index is 14.4. The lowest BCUT2D eigenvalue weighted by atomic mass is 10.1. The van der Waals surface area contributed by atoms with Crippen molar-refractivity contribution in [2.24, 2.45) is 0 Å². The third kappa shape index (κ3) is 6.30. The zero-order valence-electron chi connectivity index (χ0n) is 20.1. The fourth-order valence-electron chi connectivity index (χ4n) is 3.58. The van der Waals surface area contributed by atoms with E-state index in [4.69, 9.17) is 0 Å². The second-order valence-corrected chi connectivity index (χ2v) is 11.0. The Morgan fingerprint density at radius 3 is 2.19 bits per heavy atom. The SMILES string of the molecule is CNC(=O)C(C)N(Cc1ccccc1F)C(=O)CN(c1ccc(Br)cc1)S(=O)(=O)c1ccc(C)cc1. The predicted molar refractivity (Wildman–Crippen MR) is 140 cm³/mol. The van der Waals surface area contributed by atoms with Crippen LogP contribution in [0.25, 0.3) is 0 Å². The number of nitrogens with one attached hydrogen (secondary N) is 1. The number of sulfonamides is 1. The molecule has 3 aromatic carbocycles. The summed E-state index contributed by atoms with van der Waals surface area (Å²) >= 11 is 3.34. The number of nitrogens with zero attached hydrogens (tertiary/aromatic N) is 2. The lowest BCUT2D eigenvalue weighted by Crippen LogP contribution is -2.50. The van der Waals surface area contributed by atoms with E-state index < -0.39 is 40.2 Å². The van der Waals surface area contributed by atoms with Gasteiger partial charge in [-0.25, -0.2) is 12.8 Å². The van der Waals surface area contributed by atoms with E-state index in [9.17, 15) is 22.4 Å². The van der Waals surface area contributed by atoms with E-state index in [1.807, 2.05) is 6.92 Å². The van der Waals surface area contributed by atoms with Crippen LogP contribution in [-0.4, -0.2) is 44.8 Å². The zero-order chi connectivity index (χ0) is 26.5. The number of carbonyl (C=O) groups is 2. The van der Waals surface area contributed by atoms with Crippen LogP contribution in [0.4, 0.5) is 10.1 Å². The van der Waals surface area contributed by atoms with Crippen LogP contribution in [0, 0.1) is 12.7 Å². The Balaban J connectivity index is 2.03. The van der Waals surface area contributed by atoms with E-state index in [0.29, 0.717) is 0 Å². The number of carbonyl (C=O) groups excluding carboxylic acids is 2. The van der Waals surface area contributed by atoms with Crippen LogP contribution in [0.1, 0.15) is 18.1 Å². The van der Waals surface area contributed by atoms with Gasteiger partial charge in [-0.2, -0.15) is 0 Å². The number of hydrogen-bond donors (Lipinski definition) is 1. The molecule has 0 radical (unpaired) electrons. The molecule has 0 aliphatic carbocycles. The van der Waals surface area contributed by atoms with Crippen molar-refractivity contribution in [2.75, 3.05) is 17.9 Å². The molecule has 0 aliphatic rings. The molecule has 0 saturated heterocycles. The Hall–Kier alpha value is -3.24. The monoisotopic (exact) mass is 575 g/mol. The Morgan fingerprint density at radius 1 is 1.00 bits per heavy atom. The van der Waals surface area contributed by atoms with E-state index in [-0.39, 0.29) is 22.7 Å². The summed E-state index contributed by atoms with van der Waals surface area (Å²) in [7, 11) is -2.72. The van der Waals surface area contributed by atoms with Crippen molar-refractivity contribution in [1.82, 2.24) is 10.2 Å². The molecule has 0 aliphatic heterocycles. The van der Waals surface area contributed by atoms with Gasteiger partial charge in [0, 0.05) is 23.6 Å². The smallest absolute Gasteiger partial charge is 0.264 e. The minimum atomic E-state index is -4.15. The number of hydrogen-bond acceptors (Lipinski definition) is 4. The number of benzene rings is 3. The molecule has 1 N–H and O–H groups in total. The molecule has 0 saturated carbocycles. The van der Waals surface area contributed by atoms with Crippen molar-refractivity contribution in [3.05, 3.63) is 94.2 Å². The van der Waals surface area contributed by atoms with Gasteiger partial charge in [-0.15, -0.1) is 0 Å². The maximum absolute atomic E-state index is 14.4. The van der Waals surface area contributed by atoms with Crippen molar-refractivity contribution >= 4 is 43.5 Å². The van der Waals surface area contributed by atoms with E-state index in [2.05, 4.69) is 21.2 Å². The van der Waals surface area contributed by atoms with Crippen molar-refractivity contribution in [3.8, 4) is 0 Å². The summed E-state index contributed by atoms with van der Waals surface area (Å²) < 4.78 is 43.5. The van der Waals surface area contributed by atoms with Crippen molar-refractivity contribution in [3.63, 3.8) is 0 Å². The molecule has 2 amide bonds. The normalized spacial score (nSPS) is 12.0. The average molecular weight is 576 g/mol. The minimum Gasteiger partial charge on any atom is -0.357 e. The van der Waals surface area contributed by atoms with Crippen LogP contribution in [0.5, 0.6) is 0 Å². The van der Waals surface area contributed by atoms with Crippen molar-refractivity contribution in [2.45, 2.75) is 31.3 Å². The largest absolute Gasteiger partial charge is 0.357 e. The molecule has 0 fully saturated rings. The molecule has 7 nitrogen and oxygen atoms in total. The highest BCUT2D eigenvalue weighted by molar-refractivity contribution is 9.10. The third-order valence-corrected chi connectivity index (χ3v) is 8.03. The highest BCUT2D eigenvalue weighted by Crippen LogP contribution is 2.26. The quantitative estimate of drug-likeness (QED) is 0.413. The molecular weight excluding hydrogens is 549 g/mol. The zero-order valence-corrected chi connectivity index (χ0v) is 22.5. The van der Waals surface area contributed by atoms with Crippen LogP contribution in [0.2, 0.25) is 0 Å². The Kier molecular flexibility index (Phi) is 8.86. The second kappa shape index (κ2) is 11.7. The highest BCUT2D eigenvalue weighted by Gasteiger charge is 2.32. The minimum absolute atomic E-state index is 0.0174. The molecule has 0 aromatic heterocycles. The molecule has 0 spiro atoms. The maximum Gasteiger partial charge on any atom is 0.264 e. The van der Waals surface area contributed by atoms with Crippen molar-refractivity contribution < 1.29 is 22.4 Å². The number of amides is 2.